The molecule has 0 amide bonds. The van der Waals surface area contributed by atoms with Crippen LogP contribution in [0.3, 0.4) is 0 Å². The molecule has 1 saturated heterocycles. The maximum Gasteiger partial charge on any atom is 0.0632 e. The summed E-state index contributed by atoms with van der Waals surface area (Å²) >= 11 is 0. The zero-order valence-corrected chi connectivity index (χ0v) is 8.87. The minimum absolute atomic E-state index is 0.200. The molecule has 1 aliphatic heterocycles. The number of nitrogens with two attached hydrogens (primary N) is 1. The second-order valence-corrected chi connectivity index (χ2v) is 4.64. The van der Waals surface area contributed by atoms with Crippen LogP contribution >= 0.6 is 0 Å². The predicted octanol–water partition coefficient (Wildman–Crippen LogP) is 1.02. The summed E-state index contributed by atoms with van der Waals surface area (Å²) < 4.78 is 5.34. The first-order chi connectivity index (χ1) is 6.86. The van der Waals surface area contributed by atoms with E-state index in [1.165, 1.54) is 32.1 Å². The van der Waals surface area contributed by atoms with Gasteiger partial charge < -0.3 is 15.8 Å². The Balaban J connectivity index is 1.76. The molecular formula is C11H22N2O. The van der Waals surface area contributed by atoms with E-state index in [1.54, 1.807) is 0 Å². The first-order valence-corrected chi connectivity index (χ1v) is 5.95. The summed E-state index contributed by atoms with van der Waals surface area (Å²) in [5.74, 6) is 0. The van der Waals surface area contributed by atoms with Crippen molar-refractivity contribution in [1.82, 2.24) is 5.32 Å². The van der Waals surface area contributed by atoms with E-state index in [2.05, 4.69) is 5.32 Å². The molecule has 3 nitrogen and oxygen atoms in total. The lowest BCUT2D eigenvalue weighted by Gasteiger charge is -2.34. The van der Waals surface area contributed by atoms with Gasteiger partial charge >= 0.3 is 0 Å². The highest BCUT2D eigenvalue weighted by Gasteiger charge is 2.25. The zero-order valence-electron chi connectivity index (χ0n) is 8.87. The zero-order chi connectivity index (χ0) is 9.80. The molecule has 0 bridgehead atoms. The lowest BCUT2D eigenvalue weighted by atomic mass is 9.93. The van der Waals surface area contributed by atoms with Crippen LogP contribution in [0.15, 0.2) is 0 Å². The third kappa shape index (κ3) is 2.69. The van der Waals surface area contributed by atoms with E-state index in [1.807, 2.05) is 0 Å². The number of nitrogens with one attached hydrogen (secondary N) is 1. The van der Waals surface area contributed by atoms with E-state index in [0.717, 1.165) is 25.7 Å². The van der Waals surface area contributed by atoms with Crippen molar-refractivity contribution in [3.05, 3.63) is 0 Å². The Labute approximate surface area is 86.4 Å². The minimum atomic E-state index is 0.200. The summed E-state index contributed by atoms with van der Waals surface area (Å²) in [6.45, 7) is 1.60. The Hall–Kier alpha value is -0.120. The van der Waals surface area contributed by atoms with E-state index in [-0.39, 0.29) is 6.04 Å². The van der Waals surface area contributed by atoms with Crippen molar-refractivity contribution >= 4 is 0 Å². The van der Waals surface area contributed by atoms with Crippen LogP contribution in [0.2, 0.25) is 0 Å². The molecule has 2 unspecified atom stereocenters. The van der Waals surface area contributed by atoms with Gasteiger partial charge in [-0.15, -0.1) is 0 Å². The Morgan fingerprint density at radius 1 is 1.07 bits per heavy atom. The molecule has 1 saturated carbocycles. The first kappa shape index (κ1) is 10.4. The van der Waals surface area contributed by atoms with Gasteiger partial charge in [0.25, 0.3) is 0 Å². The van der Waals surface area contributed by atoms with Crippen LogP contribution in [0.1, 0.15) is 38.5 Å². The molecule has 3 heteroatoms. The molecular weight excluding hydrogens is 176 g/mol. The highest BCUT2D eigenvalue weighted by Crippen LogP contribution is 2.19. The Kier molecular flexibility index (Phi) is 3.79. The summed E-state index contributed by atoms with van der Waals surface area (Å²) in [6.07, 6.45) is 7.94. The highest BCUT2D eigenvalue weighted by atomic mass is 16.5. The molecule has 2 rings (SSSR count). The molecule has 0 spiro atoms. The second-order valence-electron chi connectivity index (χ2n) is 4.64. The molecule has 3 N–H and O–H groups in total. The van der Waals surface area contributed by atoms with E-state index in [4.69, 9.17) is 10.5 Å². The summed E-state index contributed by atoms with van der Waals surface area (Å²) in [5, 5.41) is 3.70. The van der Waals surface area contributed by atoms with Gasteiger partial charge in [0.15, 0.2) is 0 Å². The van der Waals surface area contributed by atoms with E-state index in [9.17, 15) is 0 Å². The standard InChI is InChI=1S/C11H22N2O/c12-10-8-14-7-6-11(10)13-9-4-2-1-3-5-9/h9-11,13H,1-8,12H2. The molecule has 2 atom stereocenters. The van der Waals surface area contributed by atoms with Gasteiger partial charge in [-0.1, -0.05) is 19.3 Å². The molecule has 0 aromatic rings. The second kappa shape index (κ2) is 5.10. The molecule has 14 heavy (non-hydrogen) atoms. The summed E-state index contributed by atoms with van der Waals surface area (Å²) in [6, 6.07) is 1.41. The Morgan fingerprint density at radius 2 is 1.86 bits per heavy atom. The fourth-order valence-electron chi connectivity index (χ4n) is 2.54. The van der Waals surface area contributed by atoms with Crippen molar-refractivity contribution in [3.8, 4) is 0 Å². The number of ether oxygens (including phenoxy) is 1. The molecule has 1 heterocycles. The Bertz CT molecular complexity index is 169. The first-order valence-electron chi connectivity index (χ1n) is 5.95. The quantitative estimate of drug-likeness (QED) is 0.696. The predicted molar refractivity (Wildman–Crippen MR) is 57.2 cm³/mol. The molecule has 0 aromatic carbocycles. The monoisotopic (exact) mass is 198 g/mol. The van der Waals surface area contributed by atoms with Crippen molar-refractivity contribution in [2.75, 3.05) is 13.2 Å². The van der Waals surface area contributed by atoms with E-state index in [0.29, 0.717) is 6.04 Å². The van der Waals surface area contributed by atoms with Crippen LogP contribution in [0.5, 0.6) is 0 Å². The maximum atomic E-state index is 6.01. The molecule has 2 fully saturated rings. The normalized spacial score (nSPS) is 35.8. The number of rotatable bonds is 2. The van der Waals surface area contributed by atoms with Crippen LogP contribution in [0, 0.1) is 0 Å². The number of hydrogen-bond acceptors (Lipinski definition) is 3. The van der Waals surface area contributed by atoms with Crippen molar-refractivity contribution in [2.45, 2.75) is 56.7 Å². The van der Waals surface area contributed by atoms with Crippen LogP contribution in [-0.4, -0.2) is 31.3 Å². The van der Waals surface area contributed by atoms with Crippen molar-refractivity contribution in [2.24, 2.45) is 5.73 Å². The van der Waals surface area contributed by atoms with Gasteiger partial charge in [0.1, 0.15) is 0 Å². The molecule has 1 aliphatic carbocycles. The lowest BCUT2D eigenvalue weighted by Crippen LogP contribution is -2.54. The van der Waals surface area contributed by atoms with Gasteiger partial charge in [-0.25, -0.2) is 0 Å². The van der Waals surface area contributed by atoms with Gasteiger partial charge in [0.2, 0.25) is 0 Å². The van der Waals surface area contributed by atoms with Gasteiger partial charge in [0.05, 0.1) is 6.61 Å². The average molecular weight is 198 g/mol. The smallest absolute Gasteiger partial charge is 0.0632 e. The maximum absolute atomic E-state index is 6.01. The van der Waals surface area contributed by atoms with Gasteiger partial charge in [0, 0.05) is 24.7 Å². The molecule has 0 aromatic heterocycles. The van der Waals surface area contributed by atoms with Crippen molar-refractivity contribution in [3.63, 3.8) is 0 Å². The molecule has 2 aliphatic rings. The molecule has 82 valence electrons. The highest BCUT2D eigenvalue weighted by molar-refractivity contribution is 4.86. The number of hydrogen-bond donors (Lipinski definition) is 2. The largest absolute Gasteiger partial charge is 0.380 e. The average Bonchev–Trinajstić information content (AvgIpc) is 2.23. The topological polar surface area (TPSA) is 47.3 Å². The third-order valence-electron chi connectivity index (χ3n) is 3.46. The van der Waals surface area contributed by atoms with Gasteiger partial charge in [-0.2, -0.15) is 0 Å². The van der Waals surface area contributed by atoms with Gasteiger partial charge in [-0.3, -0.25) is 0 Å². The van der Waals surface area contributed by atoms with E-state index >= 15 is 0 Å². The van der Waals surface area contributed by atoms with Crippen molar-refractivity contribution in [1.29, 1.82) is 0 Å². The fraction of sp³-hybridized carbons (Fsp3) is 1.00. The summed E-state index contributed by atoms with van der Waals surface area (Å²) in [4.78, 5) is 0. The fourth-order valence-corrected chi connectivity index (χ4v) is 2.54. The summed E-state index contributed by atoms with van der Waals surface area (Å²) in [5.41, 5.74) is 6.01. The van der Waals surface area contributed by atoms with Crippen LogP contribution in [0.25, 0.3) is 0 Å². The lowest BCUT2D eigenvalue weighted by molar-refractivity contribution is 0.0571. The summed E-state index contributed by atoms with van der Waals surface area (Å²) in [7, 11) is 0. The SMILES string of the molecule is NC1COCCC1NC1CCCCC1. The van der Waals surface area contributed by atoms with Gasteiger partial charge in [-0.05, 0) is 19.3 Å². The van der Waals surface area contributed by atoms with Crippen LogP contribution < -0.4 is 11.1 Å². The Morgan fingerprint density at radius 3 is 2.57 bits per heavy atom. The minimum Gasteiger partial charge on any atom is -0.380 e. The molecule has 0 radical (unpaired) electrons. The van der Waals surface area contributed by atoms with E-state index < -0.39 is 0 Å². The third-order valence-corrected chi connectivity index (χ3v) is 3.46. The van der Waals surface area contributed by atoms with Crippen LogP contribution in [-0.2, 0) is 4.74 Å². The van der Waals surface area contributed by atoms with Crippen molar-refractivity contribution < 1.29 is 4.74 Å². The van der Waals surface area contributed by atoms with Crippen LogP contribution in [0.4, 0.5) is 0 Å².